The molecular formula is C15H14ClNO3. The molecule has 0 spiro atoms. The lowest BCUT2D eigenvalue weighted by Gasteiger charge is -2.12. The Morgan fingerprint density at radius 2 is 1.85 bits per heavy atom. The Balaban J connectivity index is 2.32. The zero-order chi connectivity index (χ0) is 14.7. The van der Waals surface area contributed by atoms with Gasteiger partial charge in [-0.05, 0) is 42.7 Å². The lowest BCUT2D eigenvalue weighted by Crippen LogP contribution is -1.93. The Morgan fingerprint density at radius 1 is 1.10 bits per heavy atom. The van der Waals surface area contributed by atoms with Gasteiger partial charge in [0, 0.05) is 18.0 Å². The van der Waals surface area contributed by atoms with Crippen LogP contribution in [0.5, 0.6) is 11.5 Å². The number of hydrogen-bond acceptors (Lipinski definition) is 3. The molecule has 0 radical (unpaired) electrons. The highest BCUT2D eigenvalue weighted by atomic mass is 35.5. The number of non-ortho nitro benzene ring substituents is 1. The van der Waals surface area contributed by atoms with Crippen molar-refractivity contribution in [3.8, 4) is 11.5 Å². The van der Waals surface area contributed by atoms with Crippen molar-refractivity contribution in [3.05, 3.63) is 63.2 Å². The minimum absolute atomic E-state index is 0.0566. The molecule has 0 saturated carbocycles. The number of benzene rings is 2. The molecule has 2 aromatic carbocycles. The second-order valence-electron chi connectivity index (χ2n) is 4.54. The average Bonchev–Trinajstić information content (AvgIpc) is 2.43. The highest BCUT2D eigenvalue weighted by Crippen LogP contribution is 2.30. The highest BCUT2D eigenvalue weighted by Gasteiger charge is 2.10. The normalized spacial score (nSPS) is 10.3. The Labute approximate surface area is 122 Å². The number of hydrogen-bond donors (Lipinski definition) is 0. The van der Waals surface area contributed by atoms with E-state index in [4.69, 9.17) is 16.3 Å². The molecule has 0 saturated heterocycles. The lowest BCUT2D eigenvalue weighted by molar-refractivity contribution is -0.384. The fourth-order valence-electron chi connectivity index (χ4n) is 1.82. The first-order valence-electron chi connectivity index (χ1n) is 6.09. The van der Waals surface area contributed by atoms with E-state index in [1.54, 1.807) is 13.0 Å². The van der Waals surface area contributed by atoms with Crippen LogP contribution in [0.25, 0.3) is 0 Å². The largest absolute Gasteiger partial charge is 0.457 e. The van der Waals surface area contributed by atoms with E-state index in [0.29, 0.717) is 17.4 Å². The Kier molecular flexibility index (Phi) is 4.25. The smallest absolute Gasteiger partial charge is 0.269 e. The van der Waals surface area contributed by atoms with Gasteiger partial charge in [-0.3, -0.25) is 10.1 Å². The van der Waals surface area contributed by atoms with Gasteiger partial charge in [-0.2, -0.15) is 0 Å². The topological polar surface area (TPSA) is 52.4 Å². The third-order valence-corrected chi connectivity index (χ3v) is 3.30. The molecule has 0 aliphatic carbocycles. The second kappa shape index (κ2) is 5.92. The van der Waals surface area contributed by atoms with E-state index in [9.17, 15) is 10.1 Å². The molecule has 5 heteroatoms. The molecule has 2 rings (SSSR count). The Morgan fingerprint density at radius 3 is 2.45 bits per heavy atom. The summed E-state index contributed by atoms with van der Waals surface area (Å²) >= 11 is 5.81. The minimum Gasteiger partial charge on any atom is -0.457 e. The number of nitrogens with zero attached hydrogens (tertiary/aromatic N) is 1. The molecule has 0 aliphatic heterocycles. The maximum absolute atomic E-state index is 10.7. The van der Waals surface area contributed by atoms with Gasteiger partial charge in [-0.1, -0.05) is 12.1 Å². The van der Waals surface area contributed by atoms with Gasteiger partial charge in [0.05, 0.1) is 4.92 Å². The van der Waals surface area contributed by atoms with Gasteiger partial charge in [0.15, 0.2) is 0 Å². The molecule has 0 aromatic heterocycles. The molecule has 0 atom stereocenters. The maximum atomic E-state index is 10.7. The van der Waals surface area contributed by atoms with Crippen LogP contribution in [0.3, 0.4) is 0 Å². The standard InChI is InChI=1S/C15H14ClNO3/c1-10-3-4-12(9-16)8-15(10)20-14-6-5-13(17(18)19)7-11(14)2/h3-8H,9H2,1-2H3. The summed E-state index contributed by atoms with van der Waals surface area (Å²) in [5.74, 6) is 1.72. The molecule has 104 valence electrons. The van der Waals surface area contributed by atoms with E-state index in [1.165, 1.54) is 12.1 Å². The van der Waals surface area contributed by atoms with Crippen LogP contribution in [0.2, 0.25) is 0 Å². The average molecular weight is 292 g/mol. The monoisotopic (exact) mass is 291 g/mol. The van der Waals surface area contributed by atoms with Crippen LogP contribution in [0, 0.1) is 24.0 Å². The number of halogens is 1. The number of aryl methyl sites for hydroxylation is 2. The fourth-order valence-corrected chi connectivity index (χ4v) is 1.98. The van der Waals surface area contributed by atoms with Gasteiger partial charge in [0.1, 0.15) is 11.5 Å². The zero-order valence-electron chi connectivity index (χ0n) is 11.2. The van der Waals surface area contributed by atoms with Crippen molar-refractivity contribution in [2.24, 2.45) is 0 Å². The van der Waals surface area contributed by atoms with E-state index < -0.39 is 4.92 Å². The van der Waals surface area contributed by atoms with Gasteiger partial charge in [-0.25, -0.2) is 0 Å². The van der Waals surface area contributed by atoms with Gasteiger partial charge >= 0.3 is 0 Å². The molecule has 20 heavy (non-hydrogen) atoms. The van der Waals surface area contributed by atoms with Crippen molar-refractivity contribution < 1.29 is 9.66 Å². The first-order chi connectivity index (χ1) is 9.51. The molecule has 0 fully saturated rings. The number of ether oxygens (including phenoxy) is 1. The number of nitro groups is 1. The number of alkyl halides is 1. The third-order valence-electron chi connectivity index (χ3n) is 3.00. The first-order valence-corrected chi connectivity index (χ1v) is 6.63. The minimum atomic E-state index is -0.420. The Bertz CT molecular complexity index is 656. The Hall–Kier alpha value is -2.07. The summed E-state index contributed by atoms with van der Waals surface area (Å²) in [6.07, 6.45) is 0. The van der Waals surface area contributed by atoms with Crippen LogP contribution in [-0.2, 0) is 5.88 Å². The summed E-state index contributed by atoms with van der Waals surface area (Å²) in [6.45, 7) is 3.72. The first kappa shape index (κ1) is 14.3. The number of nitro benzene ring substituents is 1. The van der Waals surface area contributed by atoms with E-state index in [1.807, 2.05) is 25.1 Å². The molecule has 0 heterocycles. The molecule has 4 nitrogen and oxygen atoms in total. The zero-order valence-corrected chi connectivity index (χ0v) is 12.0. The van der Waals surface area contributed by atoms with Crippen molar-refractivity contribution in [1.29, 1.82) is 0 Å². The molecule has 0 aliphatic rings. The second-order valence-corrected chi connectivity index (χ2v) is 4.81. The molecule has 0 unspecified atom stereocenters. The van der Waals surface area contributed by atoms with Crippen molar-refractivity contribution >= 4 is 17.3 Å². The van der Waals surface area contributed by atoms with E-state index in [-0.39, 0.29) is 5.69 Å². The van der Waals surface area contributed by atoms with E-state index in [0.717, 1.165) is 16.7 Å². The van der Waals surface area contributed by atoms with Gasteiger partial charge in [0.25, 0.3) is 5.69 Å². The quantitative estimate of drug-likeness (QED) is 0.464. The summed E-state index contributed by atoms with van der Waals surface area (Å²) in [5, 5.41) is 10.7. The molecular weight excluding hydrogens is 278 g/mol. The van der Waals surface area contributed by atoms with Crippen LogP contribution in [0.1, 0.15) is 16.7 Å². The van der Waals surface area contributed by atoms with Gasteiger partial charge in [-0.15, -0.1) is 11.6 Å². The fraction of sp³-hybridized carbons (Fsp3) is 0.200. The summed E-state index contributed by atoms with van der Waals surface area (Å²) in [5.41, 5.74) is 2.72. The third kappa shape index (κ3) is 3.08. The van der Waals surface area contributed by atoms with Crippen molar-refractivity contribution in [3.63, 3.8) is 0 Å². The van der Waals surface area contributed by atoms with Crippen LogP contribution in [0.15, 0.2) is 36.4 Å². The van der Waals surface area contributed by atoms with Crippen molar-refractivity contribution in [1.82, 2.24) is 0 Å². The summed E-state index contributed by atoms with van der Waals surface area (Å²) in [4.78, 5) is 10.3. The molecule has 2 aromatic rings. The van der Waals surface area contributed by atoms with Crippen LogP contribution in [0.4, 0.5) is 5.69 Å². The van der Waals surface area contributed by atoms with E-state index in [2.05, 4.69) is 0 Å². The van der Waals surface area contributed by atoms with Crippen molar-refractivity contribution in [2.45, 2.75) is 19.7 Å². The molecule has 0 amide bonds. The predicted octanol–water partition coefficient (Wildman–Crippen LogP) is 4.74. The SMILES string of the molecule is Cc1cc([N+](=O)[O-])ccc1Oc1cc(CCl)ccc1C. The predicted molar refractivity (Wildman–Crippen MR) is 78.6 cm³/mol. The number of rotatable bonds is 4. The van der Waals surface area contributed by atoms with Crippen LogP contribution < -0.4 is 4.74 Å². The highest BCUT2D eigenvalue weighted by molar-refractivity contribution is 6.17. The molecule has 0 N–H and O–H groups in total. The summed E-state index contributed by atoms with van der Waals surface area (Å²) in [7, 11) is 0. The van der Waals surface area contributed by atoms with Crippen LogP contribution in [-0.4, -0.2) is 4.92 Å². The van der Waals surface area contributed by atoms with Crippen molar-refractivity contribution in [2.75, 3.05) is 0 Å². The lowest BCUT2D eigenvalue weighted by atomic mass is 10.1. The summed E-state index contributed by atoms with van der Waals surface area (Å²) < 4.78 is 5.84. The van der Waals surface area contributed by atoms with Gasteiger partial charge < -0.3 is 4.74 Å². The van der Waals surface area contributed by atoms with Gasteiger partial charge in [0.2, 0.25) is 0 Å². The summed E-state index contributed by atoms with van der Waals surface area (Å²) in [6, 6.07) is 10.3. The van der Waals surface area contributed by atoms with E-state index >= 15 is 0 Å². The van der Waals surface area contributed by atoms with Crippen LogP contribution >= 0.6 is 11.6 Å². The molecule has 0 bridgehead atoms. The maximum Gasteiger partial charge on any atom is 0.269 e.